The zero-order valence-electron chi connectivity index (χ0n) is 36.6. The molecule has 6 rings (SSSR count). The number of hydrogen-bond donors (Lipinski definition) is 7. The smallest absolute Gasteiger partial charge is 0.254 e. The molecule has 0 fully saturated rings. The molecule has 1 aliphatic carbocycles. The number of carbonyl (C=O) groups is 5. The van der Waals surface area contributed by atoms with Crippen molar-refractivity contribution in [3.8, 4) is 39.8 Å². The highest BCUT2D eigenvalue weighted by molar-refractivity contribution is 6.00. The van der Waals surface area contributed by atoms with E-state index in [2.05, 4.69) is 33.4 Å². The van der Waals surface area contributed by atoms with Crippen LogP contribution < -0.4 is 47.9 Å². The Morgan fingerprint density at radius 3 is 2.18 bits per heavy atom. The summed E-state index contributed by atoms with van der Waals surface area (Å²) in [7, 11) is 1.37. The molecule has 65 heavy (non-hydrogen) atoms. The lowest BCUT2D eigenvalue weighted by atomic mass is 9.89. The van der Waals surface area contributed by atoms with Gasteiger partial charge >= 0.3 is 0 Å². The van der Waals surface area contributed by atoms with Gasteiger partial charge in [0.2, 0.25) is 23.6 Å². The van der Waals surface area contributed by atoms with Gasteiger partial charge in [-0.3, -0.25) is 24.0 Å². The van der Waals surface area contributed by atoms with Gasteiger partial charge in [0.15, 0.2) is 0 Å². The highest BCUT2D eigenvalue weighted by atomic mass is 19.1. The number of rotatable bonds is 15. The van der Waals surface area contributed by atoms with Crippen LogP contribution in [-0.2, 0) is 38.4 Å². The van der Waals surface area contributed by atoms with E-state index in [4.69, 9.17) is 31.9 Å². The Morgan fingerprint density at radius 1 is 0.846 bits per heavy atom. The number of amides is 5. The predicted octanol–water partition coefficient (Wildman–Crippen LogP) is 2.55. The lowest BCUT2D eigenvalue weighted by molar-refractivity contribution is -0.141. The van der Waals surface area contributed by atoms with Crippen LogP contribution in [-0.4, -0.2) is 99.0 Å². The standard InChI is InChI=1S/C48H56FN9O7/c1-28-44(59)57-40(46(61)54-20-17-51)24-29-7-13-41(64-21-18-52)36(23-29)37-26-34(11-14-42(37)65-22-19-53)43(47(62)55-28)58(2)48(63)39(15-16-50)56-45(60)35-12-10-33(27-38(35)49)32-9-8-30-5-3-4-6-31(30)25-32/h7-14,23,25-28,39-40,43H,3-6,15-16,18-22,24,50,52-53H2,1-2H3,(H,54,61)(H,55,62)(H,56,60)(H,57,59)/t28-,39-,40-,43-/m0/s1. The first-order valence-corrected chi connectivity index (χ1v) is 21.7. The summed E-state index contributed by atoms with van der Waals surface area (Å²) in [6.07, 6.45) is 4.10. The maximum atomic E-state index is 15.8. The summed E-state index contributed by atoms with van der Waals surface area (Å²) >= 11 is 0. The van der Waals surface area contributed by atoms with Gasteiger partial charge in [0.25, 0.3) is 5.91 Å². The lowest BCUT2D eigenvalue weighted by Gasteiger charge is -2.32. The van der Waals surface area contributed by atoms with Crippen LogP contribution in [0.1, 0.15) is 64.8 Å². The average molecular weight is 890 g/mol. The molecule has 1 aliphatic heterocycles. The number of hydrogen-bond acceptors (Lipinski definition) is 11. The SMILES string of the molecule is C[C@@H]1NC(=O)[C@@H](N(C)C(=O)[C@H](CCN)NC(=O)c2ccc(-c3ccc4c(c3)CCCC4)cc2F)c2ccc(OCCN)c(c2)-c2cc(ccc2OCCN)C[C@@H](C(=O)NCC#N)NC1=O. The maximum absolute atomic E-state index is 15.8. The van der Waals surface area contributed by atoms with Crippen molar-refractivity contribution in [2.45, 2.75) is 69.6 Å². The summed E-state index contributed by atoms with van der Waals surface area (Å²) in [5, 5.41) is 19.7. The first-order chi connectivity index (χ1) is 31.4. The van der Waals surface area contributed by atoms with Crippen molar-refractivity contribution < 1.29 is 37.8 Å². The van der Waals surface area contributed by atoms with Crippen LogP contribution in [0.4, 0.5) is 4.39 Å². The number of halogens is 1. The molecule has 17 heteroatoms. The normalized spacial score (nSPS) is 17.5. The van der Waals surface area contributed by atoms with Crippen LogP contribution in [0.2, 0.25) is 0 Å². The molecule has 0 saturated carbocycles. The summed E-state index contributed by atoms with van der Waals surface area (Å²) in [6, 6.07) is 17.1. The Balaban J connectivity index is 1.37. The van der Waals surface area contributed by atoms with E-state index >= 15 is 4.39 Å². The maximum Gasteiger partial charge on any atom is 0.254 e. The largest absolute Gasteiger partial charge is 0.492 e. The first kappa shape index (κ1) is 47.6. The highest BCUT2D eigenvalue weighted by Crippen LogP contribution is 2.40. The van der Waals surface area contributed by atoms with Crippen molar-refractivity contribution in [3.05, 3.63) is 106 Å². The number of nitrogens with two attached hydrogens (primary N) is 3. The summed E-state index contributed by atoms with van der Waals surface area (Å²) in [5.74, 6) is -3.79. The van der Waals surface area contributed by atoms with Gasteiger partial charge in [0, 0.05) is 37.7 Å². The number of carbonyl (C=O) groups excluding carboxylic acids is 5. The van der Waals surface area contributed by atoms with Crippen LogP contribution >= 0.6 is 0 Å². The fraction of sp³-hybridized carbons (Fsp3) is 0.375. The van der Waals surface area contributed by atoms with Crippen molar-refractivity contribution in [3.63, 3.8) is 0 Å². The molecule has 342 valence electrons. The van der Waals surface area contributed by atoms with E-state index in [-0.39, 0.29) is 63.4 Å². The number of benzene rings is 4. The summed E-state index contributed by atoms with van der Waals surface area (Å²) in [5.41, 5.74) is 23.1. The molecule has 4 aromatic rings. The van der Waals surface area contributed by atoms with Gasteiger partial charge in [0.05, 0.1) is 11.6 Å². The lowest BCUT2D eigenvalue weighted by Crippen LogP contribution is -2.56. The zero-order valence-corrected chi connectivity index (χ0v) is 36.6. The molecule has 4 atom stereocenters. The average Bonchev–Trinajstić information content (AvgIpc) is 3.31. The molecule has 0 saturated heterocycles. The third kappa shape index (κ3) is 11.5. The van der Waals surface area contributed by atoms with Crippen molar-refractivity contribution >= 4 is 29.5 Å². The van der Waals surface area contributed by atoms with Crippen molar-refractivity contribution in [1.29, 1.82) is 5.26 Å². The van der Waals surface area contributed by atoms with Crippen LogP contribution in [0.25, 0.3) is 22.3 Å². The Bertz CT molecular complexity index is 2460. The third-order valence-electron chi connectivity index (χ3n) is 11.5. The van der Waals surface area contributed by atoms with Crippen molar-refractivity contribution in [2.24, 2.45) is 17.2 Å². The number of nitrogens with zero attached hydrogens (tertiary/aromatic N) is 2. The fourth-order valence-corrected chi connectivity index (χ4v) is 8.16. The number of fused-ring (bicyclic) bond motifs is 6. The fourth-order valence-electron chi connectivity index (χ4n) is 8.16. The van der Waals surface area contributed by atoms with Gasteiger partial charge in [-0.1, -0.05) is 36.4 Å². The molecular weight excluding hydrogens is 834 g/mol. The van der Waals surface area contributed by atoms with Gasteiger partial charge in [-0.2, -0.15) is 5.26 Å². The molecule has 0 unspecified atom stereocenters. The minimum Gasteiger partial charge on any atom is -0.492 e. The number of nitrogens with one attached hydrogen (secondary N) is 4. The van der Waals surface area contributed by atoms with E-state index in [9.17, 15) is 24.0 Å². The van der Waals surface area contributed by atoms with Gasteiger partial charge < -0.3 is 52.8 Å². The Labute approximate surface area is 377 Å². The van der Waals surface area contributed by atoms with Crippen LogP contribution in [0, 0.1) is 17.1 Å². The van der Waals surface area contributed by atoms with E-state index in [1.54, 1.807) is 42.5 Å². The molecule has 10 N–H and O–H groups in total. The Kier molecular flexibility index (Phi) is 16.2. The molecule has 0 spiro atoms. The molecule has 0 radical (unpaired) electrons. The quantitative estimate of drug-likeness (QED) is 0.0854. The number of nitriles is 1. The molecule has 0 aromatic heterocycles. The zero-order chi connectivity index (χ0) is 46.6. The van der Waals surface area contributed by atoms with Gasteiger partial charge in [-0.15, -0.1) is 0 Å². The molecule has 2 aliphatic rings. The summed E-state index contributed by atoms with van der Waals surface area (Å²) < 4.78 is 27.9. The van der Waals surface area contributed by atoms with Crippen LogP contribution in [0.3, 0.4) is 0 Å². The highest BCUT2D eigenvalue weighted by Gasteiger charge is 2.36. The van der Waals surface area contributed by atoms with E-state index in [1.807, 2.05) is 12.1 Å². The summed E-state index contributed by atoms with van der Waals surface area (Å²) in [4.78, 5) is 71.0. The second-order valence-electron chi connectivity index (χ2n) is 16.1. The van der Waals surface area contributed by atoms with Gasteiger partial charge in [-0.25, -0.2) is 4.39 Å². The molecule has 16 nitrogen and oxygen atoms in total. The minimum absolute atomic E-state index is 0.0106. The minimum atomic E-state index is -1.45. The molecule has 4 bridgehead atoms. The van der Waals surface area contributed by atoms with E-state index in [1.165, 1.54) is 37.2 Å². The number of likely N-dealkylation sites (N-methyl/N-ethyl adjacent to an activating group) is 1. The Hall–Kier alpha value is -6.87. The van der Waals surface area contributed by atoms with Crippen molar-refractivity contribution in [2.75, 3.05) is 46.4 Å². The van der Waals surface area contributed by atoms with E-state index in [0.717, 1.165) is 36.1 Å². The summed E-state index contributed by atoms with van der Waals surface area (Å²) in [6.45, 7) is 1.67. The second kappa shape index (κ2) is 22.2. The molecular formula is C48H56FN9O7. The Morgan fingerprint density at radius 2 is 1.51 bits per heavy atom. The van der Waals surface area contributed by atoms with Crippen molar-refractivity contribution in [1.82, 2.24) is 26.2 Å². The van der Waals surface area contributed by atoms with Gasteiger partial charge in [-0.05, 0) is 115 Å². The van der Waals surface area contributed by atoms with E-state index in [0.29, 0.717) is 33.8 Å². The second-order valence-corrected chi connectivity index (χ2v) is 16.1. The third-order valence-corrected chi connectivity index (χ3v) is 11.5. The van der Waals surface area contributed by atoms with Crippen LogP contribution in [0.15, 0.2) is 72.8 Å². The first-order valence-electron chi connectivity index (χ1n) is 21.7. The molecule has 5 amide bonds. The predicted molar refractivity (Wildman–Crippen MR) is 242 cm³/mol. The van der Waals surface area contributed by atoms with Gasteiger partial charge in [0.1, 0.15) is 61.2 Å². The number of aryl methyl sites for hydroxylation is 2. The molecule has 4 aromatic carbocycles. The van der Waals surface area contributed by atoms with E-state index < -0.39 is 59.5 Å². The molecule has 1 heterocycles. The topological polar surface area (TPSA) is 257 Å². The number of ether oxygens (including phenoxy) is 2. The van der Waals surface area contributed by atoms with Crippen LogP contribution in [0.5, 0.6) is 11.5 Å². The monoisotopic (exact) mass is 889 g/mol.